The molecule has 1 aromatic heterocycles. The zero-order valence-corrected chi connectivity index (χ0v) is 6.91. The third kappa shape index (κ3) is 1.83. The molecule has 0 unspecified atom stereocenters. The first-order chi connectivity index (χ1) is 5.24. The van der Waals surface area contributed by atoms with Crippen molar-refractivity contribution in [1.29, 1.82) is 0 Å². The third-order valence-corrected chi connectivity index (χ3v) is 1.41. The highest BCUT2D eigenvalue weighted by molar-refractivity contribution is 5.28. The van der Waals surface area contributed by atoms with Crippen LogP contribution >= 0.6 is 0 Å². The molecule has 0 spiro atoms. The summed E-state index contributed by atoms with van der Waals surface area (Å²) in [6.07, 6.45) is 6.47. The predicted octanol–water partition coefficient (Wildman–Crippen LogP) is 1.22. The maximum absolute atomic E-state index is 5.52. The highest BCUT2D eigenvalue weighted by Crippen LogP contribution is 1.99. The second kappa shape index (κ2) is 3.23. The predicted molar refractivity (Wildman–Crippen MR) is 45.7 cm³/mol. The van der Waals surface area contributed by atoms with Gasteiger partial charge in [-0.3, -0.25) is 0 Å². The fourth-order valence-corrected chi connectivity index (χ4v) is 0.955. The van der Waals surface area contributed by atoms with Gasteiger partial charge in [0.15, 0.2) is 0 Å². The molecule has 3 heteroatoms. The van der Waals surface area contributed by atoms with Gasteiger partial charge in [0.2, 0.25) is 0 Å². The number of nitrogens with two attached hydrogens (primary N) is 1. The summed E-state index contributed by atoms with van der Waals surface area (Å²) in [6, 6.07) is 0. The minimum Gasteiger partial charge on any atom is -0.401 e. The van der Waals surface area contributed by atoms with E-state index in [4.69, 9.17) is 5.73 Å². The van der Waals surface area contributed by atoms with Crippen LogP contribution in [0.1, 0.15) is 19.7 Å². The number of hydrogen-bond acceptors (Lipinski definition) is 2. The van der Waals surface area contributed by atoms with Gasteiger partial charge in [0, 0.05) is 30.7 Å². The molecule has 0 amide bonds. The minimum absolute atomic E-state index is 0.790. The van der Waals surface area contributed by atoms with E-state index >= 15 is 0 Å². The number of rotatable bonds is 2. The average Bonchev–Trinajstić information content (AvgIpc) is 2.34. The summed E-state index contributed by atoms with van der Waals surface area (Å²) in [6.45, 7) is 3.93. The molecular formula is C8H13N3. The Bertz CT molecular complexity index is 256. The average molecular weight is 151 g/mol. The van der Waals surface area contributed by atoms with E-state index in [0.29, 0.717) is 0 Å². The van der Waals surface area contributed by atoms with Crippen molar-refractivity contribution in [2.24, 2.45) is 5.73 Å². The highest BCUT2D eigenvalue weighted by atomic mass is 15.0. The van der Waals surface area contributed by atoms with Gasteiger partial charge in [-0.15, -0.1) is 0 Å². The first kappa shape index (κ1) is 7.85. The van der Waals surface area contributed by atoms with Crippen LogP contribution < -0.4 is 5.73 Å². The molecule has 0 aliphatic carbocycles. The van der Waals surface area contributed by atoms with Crippen LogP contribution in [0.5, 0.6) is 0 Å². The Morgan fingerprint density at radius 3 is 3.09 bits per heavy atom. The van der Waals surface area contributed by atoms with E-state index in [-0.39, 0.29) is 0 Å². The summed E-state index contributed by atoms with van der Waals surface area (Å²) in [5, 5.41) is 0. The molecule has 2 N–H and O–H groups in total. The van der Waals surface area contributed by atoms with Crippen LogP contribution in [0.2, 0.25) is 0 Å². The van der Waals surface area contributed by atoms with E-state index in [9.17, 15) is 0 Å². The molecule has 1 aromatic rings. The third-order valence-electron chi connectivity index (χ3n) is 1.41. The molecule has 0 radical (unpaired) electrons. The Hall–Kier alpha value is -1.25. The molecule has 0 bridgehead atoms. The van der Waals surface area contributed by atoms with Crippen molar-refractivity contribution < 1.29 is 0 Å². The van der Waals surface area contributed by atoms with E-state index in [1.165, 1.54) is 0 Å². The zero-order chi connectivity index (χ0) is 8.27. The Kier molecular flexibility index (Phi) is 2.31. The SMILES string of the molecule is CCc1nccn1/C=C(/C)N. The summed E-state index contributed by atoms with van der Waals surface area (Å²) in [7, 11) is 0. The van der Waals surface area contributed by atoms with E-state index in [1.807, 2.05) is 23.9 Å². The van der Waals surface area contributed by atoms with E-state index in [2.05, 4.69) is 11.9 Å². The van der Waals surface area contributed by atoms with Gasteiger partial charge >= 0.3 is 0 Å². The molecule has 11 heavy (non-hydrogen) atoms. The van der Waals surface area contributed by atoms with Crippen molar-refractivity contribution in [1.82, 2.24) is 9.55 Å². The van der Waals surface area contributed by atoms with Crippen LogP contribution in [0.3, 0.4) is 0 Å². The minimum atomic E-state index is 0.790. The summed E-state index contributed by atoms with van der Waals surface area (Å²) in [4.78, 5) is 4.15. The van der Waals surface area contributed by atoms with Gasteiger partial charge in [-0.05, 0) is 6.92 Å². The molecule has 0 aliphatic rings. The van der Waals surface area contributed by atoms with Crippen molar-refractivity contribution in [2.75, 3.05) is 0 Å². The monoisotopic (exact) mass is 151 g/mol. The van der Waals surface area contributed by atoms with Gasteiger partial charge in [-0.1, -0.05) is 6.92 Å². The van der Waals surface area contributed by atoms with Gasteiger partial charge in [0.1, 0.15) is 5.82 Å². The topological polar surface area (TPSA) is 43.8 Å². The number of aryl methyl sites for hydroxylation is 1. The van der Waals surface area contributed by atoms with Gasteiger partial charge in [-0.2, -0.15) is 0 Å². The largest absolute Gasteiger partial charge is 0.401 e. The first-order valence-electron chi connectivity index (χ1n) is 3.69. The Morgan fingerprint density at radius 2 is 2.55 bits per heavy atom. The molecule has 3 nitrogen and oxygen atoms in total. The summed E-state index contributed by atoms with van der Waals surface area (Å²) in [5.74, 6) is 1.04. The lowest BCUT2D eigenvalue weighted by Gasteiger charge is -1.98. The fraction of sp³-hybridized carbons (Fsp3) is 0.375. The summed E-state index contributed by atoms with van der Waals surface area (Å²) >= 11 is 0. The Morgan fingerprint density at radius 1 is 1.82 bits per heavy atom. The molecule has 1 rings (SSSR count). The van der Waals surface area contributed by atoms with Crippen LogP contribution in [0.25, 0.3) is 6.20 Å². The number of nitrogens with zero attached hydrogens (tertiary/aromatic N) is 2. The van der Waals surface area contributed by atoms with Gasteiger partial charge < -0.3 is 10.3 Å². The number of hydrogen-bond donors (Lipinski definition) is 1. The maximum Gasteiger partial charge on any atom is 0.112 e. The van der Waals surface area contributed by atoms with Crippen LogP contribution in [0.15, 0.2) is 18.1 Å². The second-order valence-corrected chi connectivity index (χ2v) is 2.48. The fourth-order valence-electron chi connectivity index (χ4n) is 0.955. The smallest absolute Gasteiger partial charge is 0.112 e. The molecule has 0 saturated heterocycles. The molecule has 0 aromatic carbocycles. The molecule has 0 atom stereocenters. The van der Waals surface area contributed by atoms with Gasteiger partial charge in [0.25, 0.3) is 0 Å². The summed E-state index contributed by atoms with van der Waals surface area (Å²) in [5.41, 5.74) is 6.31. The van der Waals surface area contributed by atoms with Crippen molar-refractivity contribution in [3.8, 4) is 0 Å². The summed E-state index contributed by atoms with van der Waals surface area (Å²) < 4.78 is 1.94. The Labute approximate surface area is 66.5 Å². The first-order valence-corrected chi connectivity index (χ1v) is 3.69. The van der Waals surface area contributed by atoms with E-state index < -0.39 is 0 Å². The van der Waals surface area contributed by atoms with Gasteiger partial charge in [0.05, 0.1) is 0 Å². The van der Waals surface area contributed by atoms with E-state index in [1.54, 1.807) is 6.20 Å². The van der Waals surface area contributed by atoms with Crippen LogP contribution in [0.4, 0.5) is 0 Å². The lowest BCUT2D eigenvalue weighted by atomic mass is 10.4. The normalized spacial score (nSPS) is 12.0. The van der Waals surface area contributed by atoms with Crippen LogP contribution in [0, 0.1) is 0 Å². The van der Waals surface area contributed by atoms with Crippen LogP contribution in [-0.4, -0.2) is 9.55 Å². The second-order valence-electron chi connectivity index (χ2n) is 2.48. The van der Waals surface area contributed by atoms with Crippen molar-refractivity contribution in [3.63, 3.8) is 0 Å². The lowest BCUT2D eigenvalue weighted by Crippen LogP contribution is -1.98. The molecule has 0 aliphatic heterocycles. The molecule has 0 saturated carbocycles. The van der Waals surface area contributed by atoms with E-state index in [0.717, 1.165) is 17.9 Å². The Balaban J connectivity index is 2.93. The van der Waals surface area contributed by atoms with Crippen LogP contribution in [-0.2, 0) is 6.42 Å². The standard InChI is InChI=1S/C8H13N3/c1-3-8-10-4-5-11(8)6-7(2)9/h4-6H,3,9H2,1-2H3/b7-6-. The zero-order valence-electron chi connectivity index (χ0n) is 6.91. The number of imidazole rings is 1. The molecule has 0 fully saturated rings. The molecule has 60 valence electrons. The van der Waals surface area contributed by atoms with Crippen molar-refractivity contribution >= 4 is 6.20 Å². The number of aromatic nitrogens is 2. The quantitative estimate of drug-likeness (QED) is 0.690. The highest BCUT2D eigenvalue weighted by Gasteiger charge is 1.95. The number of allylic oxidation sites excluding steroid dienone is 1. The maximum atomic E-state index is 5.52. The lowest BCUT2D eigenvalue weighted by molar-refractivity contribution is 0.918. The molecule has 1 heterocycles. The molecular weight excluding hydrogens is 138 g/mol. The van der Waals surface area contributed by atoms with Crippen molar-refractivity contribution in [3.05, 3.63) is 23.9 Å². The van der Waals surface area contributed by atoms with Gasteiger partial charge in [-0.25, -0.2) is 4.98 Å². The van der Waals surface area contributed by atoms with Crippen molar-refractivity contribution in [2.45, 2.75) is 20.3 Å².